The molecule has 0 amide bonds. The summed E-state index contributed by atoms with van der Waals surface area (Å²) in [4.78, 5) is 1.91. The molecule has 1 fully saturated rings. The van der Waals surface area contributed by atoms with Gasteiger partial charge in [-0.1, -0.05) is 26.2 Å². The van der Waals surface area contributed by atoms with Gasteiger partial charge in [0.25, 0.3) is 6.43 Å². The summed E-state index contributed by atoms with van der Waals surface area (Å²) in [5, 5.41) is 0. The van der Waals surface area contributed by atoms with Crippen molar-refractivity contribution in [2.45, 2.75) is 51.5 Å². The molecule has 1 saturated carbocycles. The van der Waals surface area contributed by atoms with Crippen molar-refractivity contribution in [3.05, 3.63) is 0 Å². The van der Waals surface area contributed by atoms with Crippen LogP contribution in [0.15, 0.2) is 0 Å². The second-order valence-corrected chi connectivity index (χ2v) is 4.69. The number of halogens is 2. The molecule has 2 nitrogen and oxygen atoms in total. The predicted molar refractivity (Wildman–Crippen MR) is 62.7 cm³/mol. The van der Waals surface area contributed by atoms with Crippen LogP contribution in [0.3, 0.4) is 0 Å². The fourth-order valence-corrected chi connectivity index (χ4v) is 2.88. The minimum absolute atomic E-state index is 0.113. The Bertz CT molecular complexity index is 188. The minimum Gasteiger partial charge on any atom is -0.329 e. The summed E-state index contributed by atoms with van der Waals surface area (Å²) >= 11 is 0. The Morgan fingerprint density at radius 1 is 1.31 bits per heavy atom. The molecule has 2 atom stereocenters. The van der Waals surface area contributed by atoms with Crippen molar-refractivity contribution in [3.8, 4) is 0 Å². The molecule has 0 aliphatic heterocycles. The molecule has 2 N–H and O–H groups in total. The summed E-state index contributed by atoms with van der Waals surface area (Å²) in [6, 6.07) is 0.330. The van der Waals surface area contributed by atoms with Crippen molar-refractivity contribution in [3.63, 3.8) is 0 Å². The molecule has 1 rings (SSSR count). The Balaban J connectivity index is 2.58. The Labute approximate surface area is 97.2 Å². The third kappa shape index (κ3) is 3.98. The summed E-state index contributed by atoms with van der Waals surface area (Å²) in [6.45, 7) is 3.12. The topological polar surface area (TPSA) is 29.3 Å². The van der Waals surface area contributed by atoms with E-state index in [9.17, 15) is 8.78 Å². The first kappa shape index (κ1) is 13.8. The average molecular weight is 234 g/mol. The zero-order chi connectivity index (χ0) is 12.0. The van der Waals surface area contributed by atoms with Gasteiger partial charge in [0, 0.05) is 19.1 Å². The van der Waals surface area contributed by atoms with Gasteiger partial charge in [0.05, 0.1) is 6.54 Å². The summed E-state index contributed by atoms with van der Waals surface area (Å²) in [7, 11) is 0. The van der Waals surface area contributed by atoms with Gasteiger partial charge < -0.3 is 5.73 Å². The smallest absolute Gasteiger partial charge is 0.251 e. The lowest BCUT2D eigenvalue weighted by Gasteiger charge is -2.39. The van der Waals surface area contributed by atoms with Gasteiger partial charge >= 0.3 is 0 Å². The third-order valence-corrected chi connectivity index (χ3v) is 3.65. The molecule has 0 aromatic carbocycles. The molecular weight excluding hydrogens is 210 g/mol. The Morgan fingerprint density at radius 3 is 2.56 bits per heavy atom. The number of nitrogens with two attached hydrogens (primary N) is 1. The van der Waals surface area contributed by atoms with E-state index in [2.05, 4.69) is 6.92 Å². The van der Waals surface area contributed by atoms with Crippen LogP contribution in [0.5, 0.6) is 0 Å². The maximum absolute atomic E-state index is 12.5. The Hall–Kier alpha value is -0.220. The number of hydrogen-bond acceptors (Lipinski definition) is 2. The van der Waals surface area contributed by atoms with E-state index in [4.69, 9.17) is 5.73 Å². The van der Waals surface area contributed by atoms with Gasteiger partial charge in [-0.05, 0) is 18.8 Å². The SMILES string of the molecule is CCC1CCCCC1N(CCN)CC(F)F. The van der Waals surface area contributed by atoms with E-state index in [0.29, 0.717) is 25.0 Å². The number of alkyl halides is 2. The van der Waals surface area contributed by atoms with Crippen LogP contribution in [-0.4, -0.2) is 37.0 Å². The minimum atomic E-state index is -2.24. The lowest BCUT2D eigenvalue weighted by molar-refractivity contribution is 0.0344. The van der Waals surface area contributed by atoms with E-state index in [0.717, 1.165) is 12.8 Å². The monoisotopic (exact) mass is 234 g/mol. The quantitative estimate of drug-likeness (QED) is 0.765. The largest absolute Gasteiger partial charge is 0.329 e. The maximum atomic E-state index is 12.5. The van der Waals surface area contributed by atoms with Crippen molar-refractivity contribution in [2.24, 2.45) is 11.7 Å². The van der Waals surface area contributed by atoms with Crippen LogP contribution >= 0.6 is 0 Å². The van der Waals surface area contributed by atoms with Gasteiger partial charge in [0.2, 0.25) is 0 Å². The molecule has 1 aliphatic rings. The molecule has 0 saturated heterocycles. The van der Waals surface area contributed by atoms with Crippen LogP contribution in [0.2, 0.25) is 0 Å². The zero-order valence-corrected chi connectivity index (χ0v) is 10.2. The molecule has 0 spiro atoms. The number of hydrogen-bond donors (Lipinski definition) is 1. The van der Waals surface area contributed by atoms with Gasteiger partial charge in [-0.25, -0.2) is 8.78 Å². The van der Waals surface area contributed by atoms with Crippen molar-refractivity contribution in [1.82, 2.24) is 4.90 Å². The van der Waals surface area contributed by atoms with E-state index >= 15 is 0 Å². The first-order valence-electron chi connectivity index (χ1n) is 6.41. The van der Waals surface area contributed by atoms with E-state index < -0.39 is 6.43 Å². The van der Waals surface area contributed by atoms with Crippen molar-refractivity contribution in [2.75, 3.05) is 19.6 Å². The molecule has 4 heteroatoms. The fraction of sp³-hybridized carbons (Fsp3) is 1.00. The van der Waals surface area contributed by atoms with Gasteiger partial charge in [0.1, 0.15) is 0 Å². The molecule has 0 aromatic rings. The molecule has 2 unspecified atom stereocenters. The first-order chi connectivity index (χ1) is 7.69. The fourth-order valence-electron chi connectivity index (χ4n) is 2.88. The van der Waals surface area contributed by atoms with Crippen LogP contribution in [0.1, 0.15) is 39.0 Å². The first-order valence-corrected chi connectivity index (χ1v) is 6.41. The molecule has 0 radical (unpaired) electrons. The summed E-state index contributed by atoms with van der Waals surface area (Å²) in [6.07, 6.45) is 3.52. The van der Waals surface area contributed by atoms with E-state index in [-0.39, 0.29) is 6.54 Å². The second-order valence-electron chi connectivity index (χ2n) is 4.69. The second kappa shape index (κ2) is 7.17. The predicted octanol–water partition coefficient (Wildman–Crippen LogP) is 2.48. The zero-order valence-electron chi connectivity index (χ0n) is 10.2. The highest BCUT2D eigenvalue weighted by atomic mass is 19.3. The lowest BCUT2D eigenvalue weighted by atomic mass is 9.82. The van der Waals surface area contributed by atoms with E-state index in [1.807, 2.05) is 4.90 Å². The highest BCUT2D eigenvalue weighted by Gasteiger charge is 2.29. The van der Waals surface area contributed by atoms with Crippen LogP contribution in [0.25, 0.3) is 0 Å². The van der Waals surface area contributed by atoms with Crippen molar-refractivity contribution < 1.29 is 8.78 Å². The standard InChI is InChI=1S/C12H24F2N2/c1-2-10-5-3-4-6-11(10)16(8-7-15)9-12(13)14/h10-12H,2-9,15H2,1H3. The molecule has 16 heavy (non-hydrogen) atoms. The lowest BCUT2D eigenvalue weighted by Crippen LogP contribution is -2.46. The van der Waals surface area contributed by atoms with Gasteiger partial charge in [0.15, 0.2) is 0 Å². The summed E-state index contributed by atoms with van der Waals surface area (Å²) in [5.74, 6) is 0.582. The van der Waals surface area contributed by atoms with Crippen LogP contribution in [0.4, 0.5) is 8.78 Å². The molecule has 96 valence electrons. The Kier molecular flexibility index (Phi) is 6.21. The third-order valence-electron chi connectivity index (χ3n) is 3.65. The molecule has 0 bridgehead atoms. The van der Waals surface area contributed by atoms with Gasteiger partial charge in [-0.3, -0.25) is 4.90 Å². The molecule has 0 aromatic heterocycles. The number of rotatable bonds is 6. The van der Waals surface area contributed by atoms with Crippen LogP contribution < -0.4 is 5.73 Å². The highest BCUT2D eigenvalue weighted by Crippen LogP contribution is 2.30. The highest BCUT2D eigenvalue weighted by molar-refractivity contribution is 4.83. The Morgan fingerprint density at radius 2 is 2.00 bits per heavy atom. The molecule has 1 aliphatic carbocycles. The number of nitrogens with zero attached hydrogens (tertiary/aromatic N) is 1. The van der Waals surface area contributed by atoms with E-state index in [1.54, 1.807) is 0 Å². The molecule has 0 heterocycles. The summed E-state index contributed by atoms with van der Waals surface area (Å²) in [5.41, 5.74) is 5.51. The van der Waals surface area contributed by atoms with Gasteiger partial charge in [-0.15, -0.1) is 0 Å². The average Bonchev–Trinajstić information content (AvgIpc) is 2.28. The van der Waals surface area contributed by atoms with Crippen molar-refractivity contribution in [1.29, 1.82) is 0 Å². The van der Waals surface area contributed by atoms with Crippen molar-refractivity contribution >= 4 is 0 Å². The normalized spacial score (nSPS) is 26.6. The van der Waals surface area contributed by atoms with Gasteiger partial charge in [-0.2, -0.15) is 0 Å². The van der Waals surface area contributed by atoms with Crippen LogP contribution in [-0.2, 0) is 0 Å². The summed E-state index contributed by atoms with van der Waals surface area (Å²) < 4.78 is 25.0. The van der Waals surface area contributed by atoms with E-state index in [1.165, 1.54) is 19.3 Å². The maximum Gasteiger partial charge on any atom is 0.251 e. The van der Waals surface area contributed by atoms with Crippen LogP contribution in [0, 0.1) is 5.92 Å². The molecular formula is C12H24F2N2.